The van der Waals surface area contributed by atoms with Crippen LogP contribution in [0.5, 0.6) is 0 Å². The van der Waals surface area contributed by atoms with Crippen LogP contribution in [0.4, 0.5) is 0 Å². The maximum Gasteiger partial charge on any atom is 0.326 e. The number of nitrogens with one attached hydrogen (secondary N) is 1. The number of likely N-dealkylation sites (N-methyl/N-ethyl adjacent to an activating group) is 1. The van der Waals surface area contributed by atoms with Gasteiger partial charge >= 0.3 is 5.97 Å². The van der Waals surface area contributed by atoms with Gasteiger partial charge in [-0.05, 0) is 43.7 Å². The Bertz CT molecular complexity index is 235. The van der Waals surface area contributed by atoms with E-state index in [1.807, 2.05) is 18.8 Å². The number of carbonyl (C=O) groups excluding carboxylic acids is 1. The number of carbonyl (C=O) groups is 1. The topological polar surface area (TPSA) is 38.3 Å². The Balaban J connectivity index is 2.63. The molecule has 2 atom stereocenters. The number of esters is 1. The number of methoxy groups -OCH3 is 1. The highest BCUT2D eigenvalue weighted by atomic mass is 32.2. The summed E-state index contributed by atoms with van der Waals surface area (Å²) in [7, 11) is 3.36. The number of hydrogen-bond acceptors (Lipinski definition) is 4. The maximum absolute atomic E-state index is 11.9. The first kappa shape index (κ1) is 13.8. The molecule has 1 N–H and O–H groups in total. The van der Waals surface area contributed by atoms with Gasteiger partial charge in [0, 0.05) is 0 Å². The van der Waals surface area contributed by atoms with E-state index >= 15 is 0 Å². The lowest BCUT2D eigenvalue weighted by Gasteiger charge is -2.32. The van der Waals surface area contributed by atoms with Crippen molar-refractivity contribution in [2.75, 3.05) is 25.7 Å². The fourth-order valence-electron chi connectivity index (χ4n) is 2.72. The van der Waals surface area contributed by atoms with E-state index in [1.54, 1.807) is 0 Å². The molecule has 0 bridgehead atoms. The number of thioether (sulfide) groups is 1. The van der Waals surface area contributed by atoms with Crippen molar-refractivity contribution in [2.45, 2.75) is 38.1 Å². The van der Waals surface area contributed by atoms with E-state index in [1.165, 1.54) is 7.11 Å². The Morgan fingerprint density at radius 3 is 2.94 bits per heavy atom. The van der Waals surface area contributed by atoms with Crippen molar-refractivity contribution in [1.29, 1.82) is 0 Å². The van der Waals surface area contributed by atoms with Gasteiger partial charge in [0.25, 0.3) is 0 Å². The first-order valence-corrected chi connectivity index (χ1v) is 7.21. The van der Waals surface area contributed by atoms with Crippen LogP contribution in [0.3, 0.4) is 0 Å². The Morgan fingerprint density at radius 1 is 1.62 bits per heavy atom. The first-order valence-electron chi connectivity index (χ1n) is 6.06. The van der Waals surface area contributed by atoms with Gasteiger partial charge < -0.3 is 10.1 Å². The van der Waals surface area contributed by atoms with Gasteiger partial charge in [0.2, 0.25) is 0 Å². The summed E-state index contributed by atoms with van der Waals surface area (Å²) >= 11 is 1.95. The Kier molecular flexibility index (Phi) is 5.62. The van der Waals surface area contributed by atoms with Crippen LogP contribution in [-0.2, 0) is 9.53 Å². The second-order valence-corrected chi connectivity index (χ2v) is 5.68. The van der Waals surface area contributed by atoms with E-state index in [-0.39, 0.29) is 5.97 Å². The molecule has 0 amide bonds. The van der Waals surface area contributed by atoms with Crippen molar-refractivity contribution in [3.8, 4) is 0 Å². The molecule has 1 aliphatic carbocycles. The molecular formula is C12H23NO2S. The van der Waals surface area contributed by atoms with Gasteiger partial charge in [0.15, 0.2) is 0 Å². The van der Waals surface area contributed by atoms with E-state index in [0.29, 0.717) is 5.92 Å². The lowest BCUT2D eigenvalue weighted by molar-refractivity contribution is -0.150. The number of hydrogen-bond donors (Lipinski definition) is 1. The maximum atomic E-state index is 11.9. The van der Waals surface area contributed by atoms with Crippen LogP contribution in [0.1, 0.15) is 32.6 Å². The molecule has 0 heterocycles. The molecule has 0 spiro atoms. The summed E-state index contributed by atoms with van der Waals surface area (Å²) in [5, 5.41) is 3.22. The summed E-state index contributed by atoms with van der Waals surface area (Å²) < 4.78 is 4.96. The third-order valence-corrected chi connectivity index (χ3v) is 4.56. The van der Waals surface area contributed by atoms with Crippen LogP contribution in [0.2, 0.25) is 0 Å². The summed E-state index contributed by atoms with van der Waals surface area (Å²) in [6.45, 7) is 2.17. The molecule has 1 fully saturated rings. The van der Waals surface area contributed by atoms with Crippen LogP contribution in [0, 0.1) is 5.92 Å². The summed E-state index contributed by atoms with van der Waals surface area (Å²) in [4.78, 5) is 11.9. The molecule has 1 saturated carbocycles. The molecule has 94 valence electrons. The minimum absolute atomic E-state index is 0.0843. The summed E-state index contributed by atoms with van der Waals surface area (Å²) in [6.07, 6.45) is 4.28. The SMILES string of the molecule is CCSCCC1CCCC1(NC)C(=O)OC. The average molecular weight is 245 g/mol. The lowest BCUT2D eigenvalue weighted by atomic mass is 9.85. The summed E-state index contributed by atoms with van der Waals surface area (Å²) in [5.41, 5.74) is -0.414. The normalized spacial score (nSPS) is 29.3. The van der Waals surface area contributed by atoms with E-state index in [2.05, 4.69) is 12.2 Å². The molecule has 0 aromatic heterocycles. The van der Waals surface area contributed by atoms with E-state index < -0.39 is 5.54 Å². The Hall–Kier alpha value is -0.220. The zero-order valence-electron chi connectivity index (χ0n) is 10.5. The number of ether oxygens (including phenoxy) is 1. The molecular weight excluding hydrogens is 222 g/mol. The first-order chi connectivity index (χ1) is 7.71. The van der Waals surface area contributed by atoms with Crippen molar-refractivity contribution in [3.63, 3.8) is 0 Å². The quantitative estimate of drug-likeness (QED) is 0.574. The fourth-order valence-corrected chi connectivity index (χ4v) is 3.46. The zero-order valence-corrected chi connectivity index (χ0v) is 11.4. The molecule has 0 radical (unpaired) electrons. The average Bonchev–Trinajstić information content (AvgIpc) is 2.73. The predicted molar refractivity (Wildman–Crippen MR) is 68.8 cm³/mol. The largest absolute Gasteiger partial charge is 0.468 e. The molecule has 0 saturated heterocycles. The monoisotopic (exact) mass is 245 g/mol. The summed E-state index contributed by atoms with van der Waals surface area (Å²) in [5.74, 6) is 2.64. The lowest BCUT2D eigenvalue weighted by Crippen LogP contribution is -2.53. The molecule has 1 rings (SSSR count). The third kappa shape index (κ3) is 2.72. The molecule has 0 aromatic carbocycles. The van der Waals surface area contributed by atoms with E-state index in [0.717, 1.165) is 37.2 Å². The van der Waals surface area contributed by atoms with Crippen molar-refractivity contribution >= 4 is 17.7 Å². The standard InChI is InChI=1S/C12H23NO2S/c1-4-16-9-7-10-6-5-8-12(10,13-2)11(14)15-3/h10,13H,4-9H2,1-3H3. The van der Waals surface area contributed by atoms with Gasteiger partial charge in [-0.15, -0.1) is 0 Å². The highest BCUT2D eigenvalue weighted by molar-refractivity contribution is 7.99. The predicted octanol–water partition coefficient (Wildman–Crippen LogP) is 2.06. The molecule has 1 aliphatic rings. The van der Waals surface area contributed by atoms with Crippen molar-refractivity contribution in [1.82, 2.24) is 5.32 Å². The van der Waals surface area contributed by atoms with Crippen LogP contribution < -0.4 is 5.32 Å². The van der Waals surface area contributed by atoms with Crippen molar-refractivity contribution in [2.24, 2.45) is 5.92 Å². The molecule has 16 heavy (non-hydrogen) atoms. The van der Waals surface area contributed by atoms with E-state index in [4.69, 9.17) is 4.74 Å². The van der Waals surface area contributed by atoms with Crippen LogP contribution in [0.25, 0.3) is 0 Å². The van der Waals surface area contributed by atoms with Crippen LogP contribution in [-0.4, -0.2) is 37.2 Å². The van der Waals surface area contributed by atoms with Gasteiger partial charge in [-0.1, -0.05) is 13.3 Å². The smallest absolute Gasteiger partial charge is 0.326 e. The van der Waals surface area contributed by atoms with Crippen molar-refractivity contribution < 1.29 is 9.53 Å². The van der Waals surface area contributed by atoms with Gasteiger partial charge in [-0.25, -0.2) is 0 Å². The van der Waals surface area contributed by atoms with Gasteiger partial charge in [-0.3, -0.25) is 4.79 Å². The second kappa shape index (κ2) is 6.50. The second-order valence-electron chi connectivity index (χ2n) is 4.29. The van der Waals surface area contributed by atoms with Gasteiger partial charge in [0.1, 0.15) is 5.54 Å². The minimum Gasteiger partial charge on any atom is -0.468 e. The highest BCUT2D eigenvalue weighted by Gasteiger charge is 2.48. The fraction of sp³-hybridized carbons (Fsp3) is 0.917. The highest BCUT2D eigenvalue weighted by Crippen LogP contribution is 2.39. The Labute approximate surface area is 103 Å². The molecule has 2 unspecified atom stereocenters. The molecule has 3 nitrogen and oxygen atoms in total. The summed E-state index contributed by atoms with van der Waals surface area (Å²) in [6, 6.07) is 0. The Morgan fingerprint density at radius 2 is 2.38 bits per heavy atom. The van der Waals surface area contributed by atoms with E-state index in [9.17, 15) is 4.79 Å². The van der Waals surface area contributed by atoms with Crippen molar-refractivity contribution in [3.05, 3.63) is 0 Å². The van der Waals surface area contributed by atoms with Crippen LogP contribution >= 0.6 is 11.8 Å². The third-order valence-electron chi connectivity index (χ3n) is 3.63. The molecule has 0 aliphatic heterocycles. The minimum atomic E-state index is -0.414. The van der Waals surface area contributed by atoms with Crippen LogP contribution in [0.15, 0.2) is 0 Å². The molecule has 0 aromatic rings. The molecule has 4 heteroatoms. The van der Waals surface area contributed by atoms with Gasteiger partial charge in [0.05, 0.1) is 7.11 Å². The zero-order chi connectivity index (χ0) is 12.0. The number of rotatable bonds is 6. The van der Waals surface area contributed by atoms with Gasteiger partial charge in [-0.2, -0.15) is 11.8 Å².